The van der Waals surface area contributed by atoms with Crippen molar-refractivity contribution in [3.63, 3.8) is 0 Å². The largest absolute Gasteiger partial charge is 0.481 e. The quantitative estimate of drug-likeness (QED) is 0.753. The molecule has 1 rings (SSSR count). The van der Waals surface area contributed by atoms with Gasteiger partial charge in [-0.05, 0) is 31.9 Å². The first-order valence-corrected chi connectivity index (χ1v) is 6.14. The number of para-hydroxylation sites is 1. The number of ether oxygens (including phenoxy) is 2. The highest BCUT2D eigenvalue weighted by Gasteiger charge is 2.14. The molecule has 0 saturated heterocycles. The number of hydrogen-bond acceptors (Lipinski definition) is 3. The van der Waals surface area contributed by atoms with E-state index in [2.05, 4.69) is 5.32 Å². The zero-order valence-corrected chi connectivity index (χ0v) is 11.2. The van der Waals surface area contributed by atoms with Crippen LogP contribution in [0.2, 0.25) is 0 Å². The first kappa shape index (κ1) is 14.5. The number of hydrogen-bond donors (Lipinski definition) is 1. The maximum Gasteiger partial charge on any atom is 0.260 e. The van der Waals surface area contributed by atoms with E-state index in [1.54, 1.807) is 14.0 Å². The van der Waals surface area contributed by atoms with Crippen LogP contribution in [0.15, 0.2) is 24.3 Å². The summed E-state index contributed by atoms with van der Waals surface area (Å²) in [4.78, 5) is 11.7. The lowest BCUT2D eigenvalue weighted by molar-refractivity contribution is -0.127. The van der Waals surface area contributed by atoms with Crippen molar-refractivity contribution in [3.8, 4) is 5.75 Å². The zero-order valence-electron chi connectivity index (χ0n) is 11.2. The Labute approximate surface area is 108 Å². The van der Waals surface area contributed by atoms with Crippen LogP contribution in [0.3, 0.4) is 0 Å². The second-order valence-corrected chi connectivity index (χ2v) is 4.16. The van der Waals surface area contributed by atoms with Crippen molar-refractivity contribution >= 4 is 5.91 Å². The Bertz CT molecular complexity index is 379. The van der Waals surface area contributed by atoms with E-state index in [1.807, 2.05) is 31.2 Å². The first-order chi connectivity index (χ1) is 8.65. The molecule has 0 spiro atoms. The molecule has 0 aromatic heterocycles. The van der Waals surface area contributed by atoms with Crippen LogP contribution in [-0.2, 0) is 9.53 Å². The van der Waals surface area contributed by atoms with E-state index >= 15 is 0 Å². The van der Waals surface area contributed by atoms with Crippen LogP contribution in [0.4, 0.5) is 0 Å². The minimum absolute atomic E-state index is 0.102. The third-order valence-electron chi connectivity index (χ3n) is 2.59. The van der Waals surface area contributed by atoms with Gasteiger partial charge in [0.25, 0.3) is 5.91 Å². The van der Waals surface area contributed by atoms with E-state index in [4.69, 9.17) is 9.47 Å². The molecular weight excluding hydrogens is 230 g/mol. The Morgan fingerprint density at radius 1 is 1.39 bits per heavy atom. The van der Waals surface area contributed by atoms with Crippen molar-refractivity contribution in [1.82, 2.24) is 5.32 Å². The Morgan fingerprint density at radius 2 is 2.11 bits per heavy atom. The Morgan fingerprint density at radius 3 is 2.78 bits per heavy atom. The number of carbonyl (C=O) groups is 1. The third-order valence-corrected chi connectivity index (χ3v) is 2.59. The third kappa shape index (κ3) is 4.75. The van der Waals surface area contributed by atoms with Gasteiger partial charge in [0, 0.05) is 20.3 Å². The zero-order chi connectivity index (χ0) is 13.4. The van der Waals surface area contributed by atoms with Crippen LogP contribution in [0.5, 0.6) is 5.75 Å². The SMILES string of the molecule is COCCCNC(=O)C(C)Oc1ccccc1C. The number of carbonyl (C=O) groups excluding carboxylic acids is 1. The van der Waals surface area contributed by atoms with Gasteiger partial charge in [0.15, 0.2) is 6.10 Å². The predicted molar refractivity (Wildman–Crippen MR) is 70.8 cm³/mol. The maximum absolute atomic E-state index is 11.7. The van der Waals surface area contributed by atoms with E-state index in [9.17, 15) is 4.79 Å². The summed E-state index contributed by atoms with van der Waals surface area (Å²) in [5.41, 5.74) is 1.02. The molecule has 4 heteroatoms. The van der Waals surface area contributed by atoms with Crippen molar-refractivity contribution in [2.75, 3.05) is 20.3 Å². The number of benzene rings is 1. The Kier molecular flexibility index (Phi) is 6.22. The molecule has 0 aliphatic heterocycles. The molecule has 1 atom stereocenters. The Hall–Kier alpha value is -1.55. The normalized spacial score (nSPS) is 11.9. The van der Waals surface area contributed by atoms with Gasteiger partial charge in [-0.2, -0.15) is 0 Å². The summed E-state index contributed by atoms with van der Waals surface area (Å²) in [6, 6.07) is 7.66. The van der Waals surface area contributed by atoms with Crippen LogP contribution >= 0.6 is 0 Å². The summed E-state index contributed by atoms with van der Waals surface area (Å²) in [5, 5.41) is 2.81. The summed E-state index contributed by atoms with van der Waals surface area (Å²) in [7, 11) is 1.64. The van der Waals surface area contributed by atoms with Crippen LogP contribution < -0.4 is 10.1 Å². The number of nitrogens with one attached hydrogen (secondary N) is 1. The van der Waals surface area contributed by atoms with E-state index < -0.39 is 6.10 Å². The second-order valence-electron chi connectivity index (χ2n) is 4.16. The molecule has 0 heterocycles. The number of amides is 1. The average Bonchev–Trinajstić information content (AvgIpc) is 2.37. The summed E-state index contributed by atoms with van der Waals surface area (Å²) >= 11 is 0. The first-order valence-electron chi connectivity index (χ1n) is 6.14. The fraction of sp³-hybridized carbons (Fsp3) is 0.500. The van der Waals surface area contributed by atoms with E-state index in [0.29, 0.717) is 13.2 Å². The van der Waals surface area contributed by atoms with Crippen LogP contribution in [0.1, 0.15) is 18.9 Å². The Balaban J connectivity index is 2.38. The van der Waals surface area contributed by atoms with E-state index in [1.165, 1.54) is 0 Å². The van der Waals surface area contributed by atoms with Crippen LogP contribution in [-0.4, -0.2) is 32.3 Å². The van der Waals surface area contributed by atoms with E-state index in [-0.39, 0.29) is 5.91 Å². The molecule has 100 valence electrons. The van der Waals surface area contributed by atoms with Gasteiger partial charge in [-0.1, -0.05) is 18.2 Å². The maximum atomic E-state index is 11.7. The topological polar surface area (TPSA) is 47.6 Å². The van der Waals surface area contributed by atoms with Crippen molar-refractivity contribution < 1.29 is 14.3 Å². The summed E-state index contributed by atoms with van der Waals surface area (Å²) < 4.78 is 10.5. The molecule has 18 heavy (non-hydrogen) atoms. The molecule has 0 aliphatic rings. The summed E-state index contributed by atoms with van der Waals surface area (Å²) in [6.45, 7) is 4.96. The van der Waals surface area contributed by atoms with Crippen LogP contribution in [0.25, 0.3) is 0 Å². The fourth-order valence-corrected chi connectivity index (χ4v) is 1.50. The van der Waals surface area contributed by atoms with Gasteiger partial charge in [-0.25, -0.2) is 0 Å². The highest BCUT2D eigenvalue weighted by atomic mass is 16.5. The molecular formula is C14H21NO3. The number of methoxy groups -OCH3 is 1. The highest BCUT2D eigenvalue weighted by Crippen LogP contribution is 2.17. The molecule has 0 radical (unpaired) electrons. The smallest absolute Gasteiger partial charge is 0.260 e. The van der Waals surface area contributed by atoms with Gasteiger partial charge < -0.3 is 14.8 Å². The predicted octanol–water partition coefficient (Wildman–Crippen LogP) is 1.92. The summed E-state index contributed by atoms with van der Waals surface area (Å²) in [5.74, 6) is 0.645. The monoisotopic (exact) mass is 251 g/mol. The lowest BCUT2D eigenvalue weighted by atomic mass is 10.2. The lowest BCUT2D eigenvalue weighted by Gasteiger charge is -2.16. The van der Waals surface area contributed by atoms with Gasteiger partial charge in [0.05, 0.1) is 0 Å². The minimum atomic E-state index is -0.492. The molecule has 4 nitrogen and oxygen atoms in total. The van der Waals surface area contributed by atoms with Gasteiger partial charge >= 0.3 is 0 Å². The molecule has 1 aromatic rings. The van der Waals surface area contributed by atoms with Crippen molar-refractivity contribution in [1.29, 1.82) is 0 Å². The van der Waals surface area contributed by atoms with Gasteiger partial charge in [-0.3, -0.25) is 4.79 Å². The second kappa shape index (κ2) is 7.71. The lowest BCUT2D eigenvalue weighted by Crippen LogP contribution is -2.37. The fourth-order valence-electron chi connectivity index (χ4n) is 1.50. The molecule has 1 amide bonds. The molecule has 1 aromatic carbocycles. The molecule has 0 bridgehead atoms. The van der Waals surface area contributed by atoms with Gasteiger partial charge in [-0.15, -0.1) is 0 Å². The molecule has 0 aliphatic carbocycles. The van der Waals surface area contributed by atoms with Gasteiger partial charge in [0.1, 0.15) is 5.75 Å². The standard InChI is InChI=1S/C14H21NO3/c1-11-7-4-5-8-13(11)18-12(2)14(16)15-9-6-10-17-3/h4-5,7-8,12H,6,9-10H2,1-3H3,(H,15,16). The van der Waals surface area contributed by atoms with Crippen molar-refractivity contribution in [3.05, 3.63) is 29.8 Å². The minimum Gasteiger partial charge on any atom is -0.481 e. The number of rotatable bonds is 7. The molecule has 1 N–H and O–H groups in total. The van der Waals surface area contributed by atoms with Crippen LogP contribution in [0, 0.1) is 6.92 Å². The molecule has 1 unspecified atom stereocenters. The van der Waals surface area contributed by atoms with Crippen molar-refractivity contribution in [2.45, 2.75) is 26.4 Å². The average molecular weight is 251 g/mol. The van der Waals surface area contributed by atoms with E-state index in [0.717, 1.165) is 17.7 Å². The molecule has 0 fully saturated rings. The summed E-state index contributed by atoms with van der Waals surface area (Å²) in [6.07, 6.45) is 0.313. The highest BCUT2D eigenvalue weighted by molar-refractivity contribution is 5.80. The van der Waals surface area contributed by atoms with Gasteiger partial charge in [0.2, 0.25) is 0 Å². The molecule has 0 saturated carbocycles. The number of aryl methyl sites for hydroxylation is 1. The van der Waals surface area contributed by atoms with Crippen molar-refractivity contribution in [2.24, 2.45) is 0 Å².